The first kappa shape index (κ1) is 14.0. The standard InChI is InChI=1S/C18H16ClN5/c19-14-9-7-13(8-10-14)17-18-20-21-22-24(18)16-4-2-1-3-15(16)23(17)11-12-5-6-12/h1-4,7-10,12,17H,5-6,11H2. The van der Waals surface area contributed by atoms with Crippen molar-refractivity contribution in [2.75, 3.05) is 11.4 Å². The highest BCUT2D eigenvalue weighted by Crippen LogP contribution is 2.43. The van der Waals surface area contributed by atoms with Crippen molar-refractivity contribution >= 4 is 17.3 Å². The van der Waals surface area contributed by atoms with Crippen LogP contribution in [0.5, 0.6) is 0 Å². The van der Waals surface area contributed by atoms with Gasteiger partial charge in [0.2, 0.25) is 0 Å². The van der Waals surface area contributed by atoms with Crippen molar-refractivity contribution in [2.45, 2.75) is 18.9 Å². The van der Waals surface area contributed by atoms with Crippen LogP contribution in [0, 0.1) is 5.92 Å². The van der Waals surface area contributed by atoms with Gasteiger partial charge in [0.1, 0.15) is 6.04 Å². The Labute approximate surface area is 144 Å². The highest BCUT2D eigenvalue weighted by molar-refractivity contribution is 6.30. The highest BCUT2D eigenvalue weighted by Gasteiger charge is 2.37. The minimum atomic E-state index is 0.00719. The van der Waals surface area contributed by atoms with E-state index in [9.17, 15) is 0 Å². The Kier molecular flexibility index (Phi) is 3.10. The molecular weight excluding hydrogens is 322 g/mol. The molecule has 1 aromatic heterocycles. The molecule has 5 rings (SSSR count). The first-order valence-electron chi connectivity index (χ1n) is 8.21. The SMILES string of the molecule is Clc1ccc(C2c3nnnn3-c3ccccc3N2CC2CC2)cc1. The lowest BCUT2D eigenvalue weighted by Gasteiger charge is -2.38. The number of tetrazole rings is 1. The van der Waals surface area contributed by atoms with Crippen LogP contribution < -0.4 is 4.90 Å². The summed E-state index contributed by atoms with van der Waals surface area (Å²) >= 11 is 6.08. The van der Waals surface area contributed by atoms with Gasteiger partial charge in [-0.3, -0.25) is 0 Å². The predicted molar refractivity (Wildman–Crippen MR) is 92.5 cm³/mol. The molecule has 6 heteroatoms. The van der Waals surface area contributed by atoms with Crippen molar-refractivity contribution in [2.24, 2.45) is 5.92 Å². The molecule has 1 aliphatic heterocycles. The Morgan fingerprint density at radius 1 is 1.00 bits per heavy atom. The molecule has 0 bridgehead atoms. The van der Waals surface area contributed by atoms with E-state index < -0.39 is 0 Å². The van der Waals surface area contributed by atoms with Crippen LogP contribution >= 0.6 is 11.6 Å². The van der Waals surface area contributed by atoms with Gasteiger partial charge in [0.05, 0.1) is 11.4 Å². The fraction of sp³-hybridized carbons (Fsp3) is 0.278. The lowest BCUT2D eigenvalue weighted by atomic mass is 10.00. The summed E-state index contributed by atoms with van der Waals surface area (Å²) in [7, 11) is 0. The Bertz CT molecular complexity index is 884. The summed E-state index contributed by atoms with van der Waals surface area (Å²) in [4.78, 5) is 2.45. The Morgan fingerprint density at radius 2 is 1.75 bits per heavy atom. The second kappa shape index (κ2) is 5.31. The number of aromatic nitrogens is 4. The fourth-order valence-corrected chi connectivity index (χ4v) is 3.58. The van der Waals surface area contributed by atoms with Crippen molar-refractivity contribution in [3.05, 3.63) is 64.9 Å². The number of fused-ring (bicyclic) bond motifs is 3. The molecule has 2 aliphatic rings. The van der Waals surface area contributed by atoms with Gasteiger partial charge in [0.15, 0.2) is 5.82 Å². The maximum Gasteiger partial charge on any atom is 0.183 e. The molecule has 3 aromatic rings. The third-order valence-electron chi connectivity index (χ3n) is 4.81. The van der Waals surface area contributed by atoms with E-state index >= 15 is 0 Å². The van der Waals surface area contributed by atoms with Gasteiger partial charge in [0, 0.05) is 11.6 Å². The van der Waals surface area contributed by atoms with E-state index in [1.54, 1.807) is 0 Å². The van der Waals surface area contributed by atoms with Gasteiger partial charge in [0.25, 0.3) is 0 Å². The van der Waals surface area contributed by atoms with Gasteiger partial charge in [-0.15, -0.1) is 5.10 Å². The molecule has 1 fully saturated rings. The van der Waals surface area contributed by atoms with E-state index in [2.05, 4.69) is 50.8 Å². The van der Waals surface area contributed by atoms with Crippen LogP contribution in [-0.4, -0.2) is 26.8 Å². The van der Waals surface area contributed by atoms with Gasteiger partial charge in [-0.05, 0) is 59.0 Å². The molecule has 1 unspecified atom stereocenters. The zero-order valence-corrected chi connectivity index (χ0v) is 13.8. The van der Waals surface area contributed by atoms with Crippen LogP contribution in [0.3, 0.4) is 0 Å². The zero-order chi connectivity index (χ0) is 16.1. The number of benzene rings is 2. The van der Waals surface area contributed by atoms with Crippen LogP contribution in [0.2, 0.25) is 5.02 Å². The third kappa shape index (κ3) is 2.19. The van der Waals surface area contributed by atoms with Crippen LogP contribution in [0.25, 0.3) is 5.69 Å². The molecule has 1 aliphatic carbocycles. The zero-order valence-electron chi connectivity index (χ0n) is 13.0. The maximum absolute atomic E-state index is 6.08. The van der Waals surface area contributed by atoms with E-state index in [4.69, 9.17) is 11.6 Å². The molecule has 0 N–H and O–H groups in total. The largest absolute Gasteiger partial charge is 0.355 e. The summed E-state index contributed by atoms with van der Waals surface area (Å²) in [5, 5.41) is 13.2. The van der Waals surface area contributed by atoms with Crippen molar-refractivity contribution in [3.8, 4) is 5.69 Å². The summed E-state index contributed by atoms with van der Waals surface area (Å²) in [6, 6.07) is 16.3. The molecule has 0 amide bonds. The van der Waals surface area contributed by atoms with E-state index in [1.165, 1.54) is 18.5 Å². The van der Waals surface area contributed by atoms with Crippen LogP contribution in [0.15, 0.2) is 48.5 Å². The average molecular weight is 338 g/mol. The van der Waals surface area contributed by atoms with Gasteiger partial charge in [-0.25, -0.2) is 0 Å². The van der Waals surface area contributed by atoms with Gasteiger partial charge < -0.3 is 4.90 Å². The fourth-order valence-electron chi connectivity index (χ4n) is 3.46. The molecule has 0 radical (unpaired) electrons. The number of hydrogen-bond donors (Lipinski definition) is 0. The first-order valence-corrected chi connectivity index (χ1v) is 8.59. The maximum atomic E-state index is 6.08. The topological polar surface area (TPSA) is 46.8 Å². The van der Waals surface area contributed by atoms with E-state index in [-0.39, 0.29) is 6.04 Å². The molecule has 120 valence electrons. The number of hydrogen-bond acceptors (Lipinski definition) is 4. The Morgan fingerprint density at radius 3 is 2.50 bits per heavy atom. The molecule has 1 saturated carbocycles. The number of para-hydroxylation sites is 2. The van der Waals surface area contributed by atoms with Crippen LogP contribution in [0.4, 0.5) is 5.69 Å². The molecular formula is C18H16ClN5. The van der Waals surface area contributed by atoms with Gasteiger partial charge >= 0.3 is 0 Å². The molecule has 2 heterocycles. The molecule has 5 nitrogen and oxygen atoms in total. The van der Waals surface area contributed by atoms with Crippen LogP contribution in [0.1, 0.15) is 30.3 Å². The van der Waals surface area contributed by atoms with Crippen LogP contribution in [-0.2, 0) is 0 Å². The molecule has 0 saturated heterocycles. The number of nitrogens with zero attached hydrogens (tertiary/aromatic N) is 5. The quantitative estimate of drug-likeness (QED) is 0.732. The van der Waals surface area contributed by atoms with E-state index in [0.29, 0.717) is 0 Å². The minimum Gasteiger partial charge on any atom is -0.355 e. The summed E-state index contributed by atoms with van der Waals surface area (Å²) in [5.41, 5.74) is 3.39. The summed E-state index contributed by atoms with van der Waals surface area (Å²) in [5.74, 6) is 1.62. The van der Waals surface area contributed by atoms with Crippen molar-refractivity contribution < 1.29 is 0 Å². The van der Waals surface area contributed by atoms with Crippen molar-refractivity contribution in [1.82, 2.24) is 20.2 Å². The summed E-state index contributed by atoms with van der Waals surface area (Å²) in [6.07, 6.45) is 2.61. The monoisotopic (exact) mass is 337 g/mol. The van der Waals surface area contributed by atoms with Crippen molar-refractivity contribution in [1.29, 1.82) is 0 Å². The van der Waals surface area contributed by atoms with E-state index in [1.807, 2.05) is 22.9 Å². The average Bonchev–Trinajstić information content (AvgIpc) is 3.29. The van der Waals surface area contributed by atoms with Crippen molar-refractivity contribution in [3.63, 3.8) is 0 Å². The number of anilines is 1. The summed E-state index contributed by atoms with van der Waals surface area (Å²) in [6.45, 7) is 1.02. The molecule has 1 atom stereocenters. The third-order valence-corrected chi connectivity index (χ3v) is 5.06. The number of halogens is 1. The first-order chi connectivity index (χ1) is 11.8. The Hall–Kier alpha value is -2.40. The lowest BCUT2D eigenvalue weighted by molar-refractivity contribution is 0.590. The number of rotatable bonds is 3. The normalized spacial score (nSPS) is 19.0. The van der Waals surface area contributed by atoms with E-state index in [0.717, 1.165) is 34.6 Å². The molecule has 0 spiro atoms. The second-order valence-corrected chi connectivity index (χ2v) is 6.92. The highest BCUT2D eigenvalue weighted by atomic mass is 35.5. The van der Waals surface area contributed by atoms with Gasteiger partial charge in [-0.2, -0.15) is 4.68 Å². The smallest absolute Gasteiger partial charge is 0.183 e. The Balaban J connectivity index is 1.70. The molecule has 24 heavy (non-hydrogen) atoms. The lowest BCUT2D eigenvalue weighted by Crippen LogP contribution is -2.37. The predicted octanol–water partition coefficient (Wildman–Crippen LogP) is 3.64. The summed E-state index contributed by atoms with van der Waals surface area (Å²) < 4.78 is 1.86. The van der Waals surface area contributed by atoms with Gasteiger partial charge in [-0.1, -0.05) is 35.9 Å². The minimum absolute atomic E-state index is 0.00719. The molecule has 2 aromatic carbocycles. The second-order valence-electron chi connectivity index (χ2n) is 6.49.